The van der Waals surface area contributed by atoms with Crippen molar-refractivity contribution >= 4 is 41.1 Å². The molecule has 0 N–H and O–H groups in total. The number of hydrogen-bond acceptors (Lipinski definition) is 11. The van der Waals surface area contributed by atoms with Gasteiger partial charge in [0.05, 0.1) is 48.8 Å². The Bertz CT molecular complexity index is 1930. The van der Waals surface area contributed by atoms with Gasteiger partial charge in [-0.25, -0.2) is 5.06 Å². The van der Waals surface area contributed by atoms with E-state index in [4.69, 9.17) is 14.3 Å². The number of benzene rings is 1. The van der Waals surface area contributed by atoms with E-state index in [1.54, 1.807) is 26.2 Å². The van der Waals surface area contributed by atoms with Crippen LogP contribution in [0.4, 0.5) is 0 Å². The molecule has 3 aliphatic heterocycles. The van der Waals surface area contributed by atoms with Gasteiger partial charge in [0, 0.05) is 84.3 Å². The van der Waals surface area contributed by atoms with Crippen molar-refractivity contribution in [1.82, 2.24) is 24.7 Å². The number of Topliss-reactive ketones (excluding diaryl/α,β-unsaturated/α-hetero) is 2. The average Bonchev–Trinajstić information content (AvgIpc) is 3.67. The van der Waals surface area contributed by atoms with Crippen molar-refractivity contribution in [3.05, 3.63) is 48.0 Å². The van der Waals surface area contributed by atoms with E-state index in [-0.39, 0.29) is 96.6 Å². The number of methoxy groups -OCH3 is 2. The molecule has 5 rings (SSSR count). The van der Waals surface area contributed by atoms with Gasteiger partial charge < -0.3 is 19.3 Å². The molecule has 378 valence electrons. The maximum atomic E-state index is 14.7. The first-order chi connectivity index (χ1) is 32.3. The molecule has 0 aromatic heterocycles. The summed E-state index contributed by atoms with van der Waals surface area (Å²) in [6.07, 6.45) is 6.24. The molecule has 3 heterocycles. The highest BCUT2D eigenvalue weighted by molar-refractivity contribution is 6.12. The van der Waals surface area contributed by atoms with Crippen molar-refractivity contribution in [2.75, 3.05) is 61.1 Å². The number of hydrogen-bond donors (Lipinski definition) is 0. The van der Waals surface area contributed by atoms with Crippen molar-refractivity contribution in [3.63, 3.8) is 0 Å². The maximum Gasteiger partial charge on any atom is 0.253 e. The molecule has 5 amide bonds. The summed E-state index contributed by atoms with van der Waals surface area (Å²) in [5.74, 6) is -2.89. The molecule has 0 bridgehead atoms. The summed E-state index contributed by atoms with van der Waals surface area (Å²) in [5, 5.41) is 1.47. The Morgan fingerprint density at radius 3 is 2.10 bits per heavy atom. The fourth-order valence-corrected chi connectivity index (χ4v) is 11.4. The fraction of sp³-hybridized carbons (Fsp3) is 0.717. The van der Waals surface area contributed by atoms with E-state index >= 15 is 0 Å². The predicted molar refractivity (Wildman–Crippen MR) is 259 cm³/mol. The lowest BCUT2D eigenvalue weighted by molar-refractivity contribution is -0.203. The summed E-state index contributed by atoms with van der Waals surface area (Å²) in [6, 6.07) is 8.54. The van der Waals surface area contributed by atoms with Gasteiger partial charge in [0.1, 0.15) is 5.78 Å². The second-order valence-corrected chi connectivity index (χ2v) is 20.7. The zero-order valence-electron chi connectivity index (χ0n) is 42.8. The Morgan fingerprint density at radius 1 is 0.853 bits per heavy atom. The predicted octanol–water partition coefficient (Wildman–Crippen LogP) is 6.10. The number of likely N-dealkylation sites (N-methyl/N-ethyl adjacent to an activating group) is 2. The lowest BCUT2D eigenvalue weighted by Gasteiger charge is -2.41. The van der Waals surface area contributed by atoms with Gasteiger partial charge >= 0.3 is 0 Å². The second kappa shape index (κ2) is 24.5. The van der Waals surface area contributed by atoms with Gasteiger partial charge in [-0.3, -0.25) is 48.2 Å². The molecule has 15 heteroatoms. The van der Waals surface area contributed by atoms with Crippen LogP contribution in [-0.2, 0) is 47.9 Å². The lowest BCUT2D eigenvalue weighted by Crippen LogP contribution is -2.54. The average molecular weight is 948 g/mol. The third-order valence-electron chi connectivity index (χ3n) is 15.5. The number of ketones is 2. The van der Waals surface area contributed by atoms with E-state index < -0.39 is 41.5 Å². The first-order valence-electron chi connectivity index (χ1n) is 25.2. The van der Waals surface area contributed by atoms with Gasteiger partial charge in [-0.05, 0) is 74.8 Å². The molecule has 0 unspecified atom stereocenters. The van der Waals surface area contributed by atoms with E-state index in [2.05, 4.69) is 0 Å². The first kappa shape index (κ1) is 54.6. The summed E-state index contributed by atoms with van der Waals surface area (Å²) in [5.41, 5.74) is 0.126. The summed E-state index contributed by atoms with van der Waals surface area (Å²) >= 11 is 0. The Hall–Kier alpha value is -4.31. The molecule has 10 atom stereocenters. The number of likely N-dealkylation sites (tertiary alicyclic amines) is 1. The first-order valence-corrected chi connectivity index (χ1v) is 25.2. The summed E-state index contributed by atoms with van der Waals surface area (Å²) in [6.45, 7) is 16.0. The largest absolute Gasteiger partial charge is 0.379 e. The summed E-state index contributed by atoms with van der Waals surface area (Å²) in [4.78, 5) is 109. The van der Waals surface area contributed by atoms with Crippen molar-refractivity contribution in [2.24, 2.45) is 35.0 Å². The number of ether oxygens (including phenoxy) is 2. The Morgan fingerprint density at radius 2 is 1.53 bits per heavy atom. The number of amides is 5. The molecule has 3 fully saturated rings. The highest BCUT2D eigenvalue weighted by atomic mass is 16.7. The standard InChI is InChI=1S/C53H81N5O10/c1-12-36(6)49(55(9)51(64)39(34(2)3)30-42(59)48(35(4)5)54(8)25-19-27-57-45(61)23-24-46(57)62)44(66-10)31-47(63)56-26-18-22-41(56)50(67-11)37(7)43(60)33-53(52(65)58-28-16-17-29-68-58)32-40(53)38-20-14-13-15-21-38/h13-15,20-21,23-24,34-37,39-41,44,48-50H,12,16-19,22,25-33H2,1-11H3/t36-,37-,39-,40+,41-,44+,48-,49-,50+,53-/m0/s1. The number of hydroxylamine groups is 2. The van der Waals surface area contributed by atoms with Crippen molar-refractivity contribution in [1.29, 1.82) is 0 Å². The van der Waals surface area contributed by atoms with Gasteiger partial charge in [0.15, 0.2) is 5.78 Å². The minimum atomic E-state index is -0.902. The minimum Gasteiger partial charge on any atom is -0.379 e. The molecule has 2 saturated heterocycles. The smallest absolute Gasteiger partial charge is 0.253 e. The van der Waals surface area contributed by atoms with Crippen LogP contribution < -0.4 is 0 Å². The normalized spacial score (nSPS) is 23.8. The highest BCUT2D eigenvalue weighted by Gasteiger charge is 2.63. The molecule has 0 spiro atoms. The molecule has 1 aromatic carbocycles. The van der Waals surface area contributed by atoms with Crippen LogP contribution in [0.15, 0.2) is 42.5 Å². The Balaban J connectivity index is 1.26. The number of rotatable bonds is 26. The molecule has 68 heavy (non-hydrogen) atoms. The van der Waals surface area contributed by atoms with Crippen molar-refractivity contribution in [2.45, 2.75) is 149 Å². The van der Waals surface area contributed by atoms with Crippen LogP contribution in [0.25, 0.3) is 0 Å². The number of nitrogens with zero attached hydrogens (tertiary/aromatic N) is 5. The molecule has 15 nitrogen and oxygen atoms in total. The fourth-order valence-electron chi connectivity index (χ4n) is 11.4. The topological polar surface area (TPSA) is 163 Å². The molecule has 4 aliphatic rings. The van der Waals surface area contributed by atoms with E-state index in [9.17, 15) is 33.6 Å². The van der Waals surface area contributed by atoms with Crippen LogP contribution in [0.1, 0.15) is 124 Å². The Kier molecular flexibility index (Phi) is 19.7. The van der Waals surface area contributed by atoms with Gasteiger partial charge in [-0.15, -0.1) is 0 Å². The number of imide groups is 1. The number of carbonyl (C=O) groups is 7. The molecule has 1 saturated carbocycles. The van der Waals surface area contributed by atoms with Crippen molar-refractivity contribution < 1.29 is 47.9 Å². The van der Waals surface area contributed by atoms with E-state index in [0.29, 0.717) is 51.9 Å². The van der Waals surface area contributed by atoms with Gasteiger partial charge in [0.25, 0.3) is 17.7 Å². The van der Waals surface area contributed by atoms with E-state index in [1.165, 1.54) is 22.1 Å². The molecular weight excluding hydrogens is 867 g/mol. The monoisotopic (exact) mass is 948 g/mol. The Labute approximate surface area is 405 Å². The zero-order chi connectivity index (χ0) is 50.0. The molecule has 1 aliphatic carbocycles. The second-order valence-electron chi connectivity index (χ2n) is 20.7. The molecule has 1 aromatic rings. The molecule has 0 radical (unpaired) electrons. The third kappa shape index (κ3) is 12.5. The van der Waals surface area contributed by atoms with Gasteiger partial charge in [-0.1, -0.05) is 85.2 Å². The van der Waals surface area contributed by atoms with Gasteiger partial charge in [-0.2, -0.15) is 0 Å². The van der Waals surface area contributed by atoms with Crippen LogP contribution in [0.3, 0.4) is 0 Å². The maximum absolute atomic E-state index is 14.7. The summed E-state index contributed by atoms with van der Waals surface area (Å²) < 4.78 is 12.3. The number of carbonyl (C=O) groups excluding carboxylic acids is 7. The minimum absolute atomic E-state index is 0.000765. The third-order valence-corrected chi connectivity index (χ3v) is 15.5. The highest BCUT2D eigenvalue weighted by Crippen LogP contribution is 2.63. The van der Waals surface area contributed by atoms with Crippen molar-refractivity contribution in [3.8, 4) is 0 Å². The summed E-state index contributed by atoms with van der Waals surface area (Å²) in [7, 11) is 6.76. The van der Waals surface area contributed by atoms with Crippen LogP contribution in [0.5, 0.6) is 0 Å². The van der Waals surface area contributed by atoms with E-state index in [0.717, 1.165) is 24.8 Å². The molecular formula is C53H81N5O10. The van der Waals surface area contributed by atoms with E-state index in [1.807, 2.05) is 95.6 Å². The lowest BCUT2D eigenvalue weighted by atomic mass is 9.83. The SMILES string of the molecule is CC[C@H](C)[C@@H]([C@@H](CC(=O)N1CCC[C@H]1[C@H](OC)[C@@H](C)C(=O)C[C@@]1(C(=O)N2CCCCO2)C[C@@H]1c1ccccc1)OC)N(C)C(=O)[C@@H](CC(=O)[C@H](C(C)C)N(C)CCCN1C(=O)C=CC1=O)C(C)C. The van der Waals surface area contributed by atoms with Gasteiger partial charge in [0.2, 0.25) is 11.8 Å². The van der Waals surface area contributed by atoms with Crippen LogP contribution >= 0.6 is 0 Å². The van der Waals surface area contributed by atoms with Crippen LogP contribution in [0, 0.1) is 35.0 Å². The van der Waals surface area contributed by atoms with Crippen LogP contribution in [0.2, 0.25) is 0 Å². The quantitative estimate of drug-likeness (QED) is 0.0988. The zero-order valence-corrected chi connectivity index (χ0v) is 42.8. The van der Waals surface area contributed by atoms with Crippen LogP contribution in [-0.4, -0.2) is 157 Å².